The van der Waals surface area contributed by atoms with Gasteiger partial charge in [0.2, 0.25) is 29.5 Å². The maximum Gasteiger partial charge on any atom is 0.394 e. The highest BCUT2D eigenvalue weighted by molar-refractivity contribution is 7.80. The second-order valence-corrected chi connectivity index (χ2v) is 13.4. The van der Waals surface area contributed by atoms with Gasteiger partial charge in [0.25, 0.3) is 5.91 Å². The number of nitrogens with zero attached hydrogens (tertiary/aromatic N) is 1. The maximum atomic E-state index is 13.5. The highest BCUT2D eigenvalue weighted by Gasteiger charge is 2.35. The van der Waals surface area contributed by atoms with Crippen molar-refractivity contribution in [1.29, 1.82) is 0 Å². The largest absolute Gasteiger partial charge is 0.394 e. The molecule has 32 heteroatoms. The molecule has 2 rings (SSSR count). The van der Waals surface area contributed by atoms with Crippen molar-refractivity contribution >= 4 is 68.2 Å². The Balaban J connectivity index is 0.00000277. The predicted molar refractivity (Wildman–Crippen MR) is 193 cm³/mol. The van der Waals surface area contributed by atoms with E-state index in [2.05, 4.69) is 42.2 Å². The van der Waals surface area contributed by atoms with Gasteiger partial charge in [0, 0.05) is 38.3 Å². The molecule has 0 aromatic carbocycles. The molecule has 0 bridgehead atoms. The molecule has 0 radical (unpaired) electrons. The molecule has 2 heterocycles. The molecule has 0 aromatic rings. The van der Waals surface area contributed by atoms with Gasteiger partial charge in [0.1, 0.15) is 29.9 Å². The van der Waals surface area contributed by atoms with Gasteiger partial charge < -0.3 is 76.3 Å². The molecule has 0 aromatic heterocycles. The average Bonchev–Trinajstić information content (AvgIpc) is 3.08. The summed E-state index contributed by atoms with van der Waals surface area (Å²) in [5, 5.41) is 28.7. The molecule has 326 valence electrons. The van der Waals surface area contributed by atoms with Crippen LogP contribution in [0.4, 0.5) is 4.79 Å². The van der Waals surface area contributed by atoms with Crippen molar-refractivity contribution in [3.63, 3.8) is 0 Å². The molecule has 3 unspecified atom stereocenters. The summed E-state index contributed by atoms with van der Waals surface area (Å²) in [6, 6.07) is -8.54. The summed E-state index contributed by atoms with van der Waals surface area (Å²) in [6.07, 6.45) is 1.86. The molecule has 57 heavy (non-hydrogen) atoms. The van der Waals surface area contributed by atoms with Crippen LogP contribution >= 0.6 is 0 Å². The standard InChI is InChI=1S/C25H44N14O8.2H2O4S/c26-4-1-2-11(27)6-17(41)32-8-14-20(43)35-15(9-34-25(30)47)21(44)39-18(13-3-5-31-24(29)38-13)23(46)33-7-12(28)19(42)37-16(10-40)22(45)36-14;2*1-5(2,3)4/h9,11-14,16,18,40H,1-8,10,26-28H2,(H,32,41)(H,33,46)(H,35,43)(H,36,45)(H,37,42)(H,39,44)(H3,29,31,38)(H3,30,34,47);2*(H2,1,2,3,4)/t11?,12-,13+,14?,16-,18?;;/m0../s1. The van der Waals surface area contributed by atoms with Gasteiger partial charge in [-0.2, -0.15) is 16.8 Å². The van der Waals surface area contributed by atoms with Crippen LogP contribution in [0.3, 0.4) is 0 Å². The third-order valence-electron chi connectivity index (χ3n) is 6.90. The molecular weight excluding hydrogens is 816 g/mol. The Morgan fingerprint density at radius 2 is 1.49 bits per heavy atom. The smallest absolute Gasteiger partial charge is 0.394 e. The van der Waals surface area contributed by atoms with Crippen molar-refractivity contribution in [2.45, 2.75) is 61.9 Å². The zero-order valence-corrected chi connectivity index (χ0v) is 31.4. The van der Waals surface area contributed by atoms with E-state index in [1.807, 2.05) is 5.32 Å². The minimum atomic E-state index is -4.67. The van der Waals surface area contributed by atoms with Gasteiger partial charge in [-0.3, -0.25) is 52.0 Å². The monoisotopic (exact) mass is 864 g/mol. The van der Waals surface area contributed by atoms with Gasteiger partial charge in [0.05, 0.1) is 12.6 Å². The molecule has 1 saturated heterocycles. The Labute approximate surface area is 324 Å². The summed E-state index contributed by atoms with van der Waals surface area (Å²) in [7, 11) is -9.33. The van der Waals surface area contributed by atoms with Crippen molar-refractivity contribution < 1.29 is 73.7 Å². The predicted octanol–water partition coefficient (Wildman–Crippen LogP) is -9.54. The lowest BCUT2D eigenvalue weighted by Crippen LogP contribution is -2.64. The lowest BCUT2D eigenvalue weighted by molar-refractivity contribution is -0.134. The van der Waals surface area contributed by atoms with Gasteiger partial charge in [-0.05, 0) is 25.8 Å². The zero-order valence-electron chi connectivity index (χ0n) is 29.8. The Morgan fingerprint density at radius 3 is 2.02 bits per heavy atom. The van der Waals surface area contributed by atoms with E-state index in [1.165, 1.54) is 0 Å². The molecule has 30 nitrogen and oxygen atoms in total. The van der Waals surface area contributed by atoms with E-state index in [-0.39, 0.29) is 25.3 Å². The molecule has 0 aliphatic carbocycles. The number of hydrogen-bond donors (Lipinski definition) is 18. The molecule has 23 N–H and O–H groups in total. The van der Waals surface area contributed by atoms with Gasteiger partial charge in [-0.1, -0.05) is 0 Å². The van der Waals surface area contributed by atoms with Gasteiger partial charge in [0.15, 0.2) is 5.96 Å². The van der Waals surface area contributed by atoms with Crippen molar-refractivity contribution in [3.05, 3.63) is 11.9 Å². The van der Waals surface area contributed by atoms with Gasteiger partial charge in [-0.15, -0.1) is 0 Å². The number of hydrogen-bond acceptors (Lipinski definition) is 18. The lowest BCUT2D eigenvalue weighted by atomic mass is 10.0. The van der Waals surface area contributed by atoms with E-state index in [0.29, 0.717) is 19.4 Å². The summed E-state index contributed by atoms with van der Waals surface area (Å²) >= 11 is 0. The minimum Gasteiger partial charge on any atom is -0.394 e. The minimum absolute atomic E-state index is 0.0120. The SMILES string of the molecule is NCCCC(N)CC(=O)NCC1NC(=O)[C@H](CO)NC(=O)[C@@H](N)CNC(=O)C([C@H]2CCN=C(N)N2)NC(=O)C(=CNC(N)=O)NC1=O.O=S(=O)(O)O.O=S(=O)(O)O. The molecular formula is C25H48N14O16S2. The summed E-state index contributed by atoms with van der Waals surface area (Å²) in [5.74, 6) is -5.62. The number of urea groups is 1. The van der Waals surface area contributed by atoms with Gasteiger partial charge in [-0.25, -0.2) is 4.79 Å². The second kappa shape index (κ2) is 25.0. The van der Waals surface area contributed by atoms with Crippen molar-refractivity contribution in [3.8, 4) is 0 Å². The van der Waals surface area contributed by atoms with Crippen LogP contribution < -0.4 is 71.2 Å². The van der Waals surface area contributed by atoms with Crippen molar-refractivity contribution in [2.75, 3.05) is 32.8 Å². The maximum absolute atomic E-state index is 13.5. The van der Waals surface area contributed by atoms with E-state index in [4.69, 9.17) is 63.7 Å². The molecule has 2 aliphatic heterocycles. The fourth-order valence-electron chi connectivity index (χ4n) is 4.35. The summed E-state index contributed by atoms with van der Waals surface area (Å²) in [6.45, 7) is -1.36. The Hall–Kier alpha value is -5.32. The first-order valence-electron chi connectivity index (χ1n) is 16.1. The zero-order chi connectivity index (χ0) is 44.1. The Kier molecular flexibility index (Phi) is 22.7. The topological polar surface area (TPSA) is 528 Å². The van der Waals surface area contributed by atoms with E-state index in [0.717, 1.165) is 6.20 Å². The summed E-state index contributed by atoms with van der Waals surface area (Å²) in [5.41, 5.74) is 27.6. The number of carbonyl (C=O) groups excluding carboxylic acids is 7. The molecule has 0 spiro atoms. The van der Waals surface area contributed by atoms with Crippen LogP contribution in [0, 0.1) is 0 Å². The lowest BCUT2D eigenvalue weighted by Gasteiger charge is -2.31. The quantitative estimate of drug-likeness (QED) is 0.0716. The van der Waals surface area contributed by atoms with Crippen LogP contribution in [-0.2, 0) is 49.6 Å². The van der Waals surface area contributed by atoms with Crippen molar-refractivity contribution in [2.24, 2.45) is 33.7 Å². The third kappa shape index (κ3) is 24.7. The number of rotatable bonds is 10. The molecule has 6 atom stereocenters. The number of amides is 8. The number of aliphatic imine (C=N–C) groups is 1. The molecule has 8 amide bonds. The third-order valence-corrected chi connectivity index (χ3v) is 6.90. The highest BCUT2D eigenvalue weighted by Crippen LogP contribution is 2.07. The number of primary amides is 1. The normalized spacial score (nSPS) is 23.7. The fourth-order valence-corrected chi connectivity index (χ4v) is 4.35. The highest BCUT2D eigenvalue weighted by atomic mass is 32.3. The first kappa shape index (κ1) is 51.7. The first-order valence-corrected chi connectivity index (χ1v) is 18.9. The van der Waals surface area contributed by atoms with E-state index < -0.39 is 124 Å². The van der Waals surface area contributed by atoms with E-state index in [1.54, 1.807) is 0 Å². The number of aliphatic hydroxyl groups is 1. The number of guanidine groups is 1. The average molecular weight is 865 g/mol. The number of nitrogens with two attached hydrogens (primary N) is 5. The van der Waals surface area contributed by atoms with Crippen LogP contribution in [0.2, 0.25) is 0 Å². The van der Waals surface area contributed by atoms with Crippen LogP contribution in [0.1, 0.15) is 25.7 Å². The second-order valence-electron chi connectivity index (χ2n) is 11.6. The van der Waals surface area contributed by atoms with Gasteiger partial charge >= 0.3 is 26.8 Å². The van der Waals surface area contributed by atoms with Crippen LogP contribution in [0.5, 0.6) is 0 Å². The molecule has 1 fully saturated rings. The number of nitrogens with one attached hydrogen (secondary N) is 8. The number of carbonyl (C=O) groups is 7. The van der Waals surface area contributed by atoms with Crippen molar-refractivity contribution in [1.82, 2.24) is 42.5 Å². The van der Waals surface area contributed by atoms with Crippen LogP contribution in [-0.4, -0.2) is 157 Å². The van der Waals surface area contributed by atoms with E-state index >= 15 is 0 Å². The molecule has 2 aliphatic rings. The molecule has 0 saturated carbocycles. The van der Waals surface area contributed by atoms with Crippen LogP contribution in [0.15, 0.2) is 16.9 Å². The Morgan fingerprint density at radius 1 is 0.912 bits per heavy atom. The first-order chi connectivity index (χ1) is 26.2. The number of aliphatic hydroxyl groups excluding tert-OH is 1. The van der Waals surface area contributed by atoms with E-state index in [9.17, 15) is 38.7 Å². The fraction of sp³-hybridized carbons (Fsp3) is 0.600. The Bertz CT molecular complexity index is 1670. The van der Waals surface area contributed by atoms with Crippen LogP contribution in [0.25, 0.3) is 0 Å². The summed E-state index contributed by atoms with van der Waals surface area (Å²) < 4.78 is 63.2. The summed E-state index contributed by atoms with van der Waals surface area (Å²) in [4.78, 5) is 93.9.